The van der Waals surface area contributed by atoms with Crippen molar-refractivity contribution in [1.29, 1.82) is 0 Å². The molecule has 1 aliphatic heterocycles. The lowest BCUT2D eigenvalue weighted by atomic mass is 9.86. The molecule has 0 aromatic heterocycles. The highest BCUT2D eigenvalue weighted by molar-refractivity contribution is 14.0. The fraction of sp³-hybridized carbons (Fsp3) is 0.917. The SMILES string of the molecule is I.NC(=NCC1CCC1)NCC1CCCCO1. The van der Waals surface area contributed by atoms with E-state index in [0.29, 0.717) is 12.1 Å². The normalized spacial score (nSPS) is 25.9. The maximum Gasteiger partial charge on any atom is 0.188 e. The molecule has 0 bridgehead atoms. The molecule has 1 heterocycles. The molecule has 2 fully saturated rings. The van der Waals surface area contributed by atoms with E-state index in [-0.39, 0.29) is 24.0 Å². The van der Waals surface area contributed by atoms with Crippen LogP contribution in [0.3, 0.4) is 0 Å². The van der Waals surface area contributed by atoms with Crippen LogP contribution in [0.15, 0.2) is 4.99 Å². The van der Waals surface area contributed by atoms with Gasteiger partial charge in [0, 0.05) is 19.7 Å². The zero-order valence-electron chi connectivity index (χ0n) is 10.4. The largest absolute Gasteiger partial charge is 0.376 e. The van der Waals surface area contributed by atoms with Gasteiger partial charge in [0.05, 0.1) is 6.10 Å². The van der Waals surface area contributed by atoms with Crippen molar-refractivity contribution in [2.24, 2.45) is 16.6 Å². The van der Waals surface area contributed by atoms with Gasteiger partial charge >= 0.3 is 0 Å². The van der Waals surface area contributed by atoms with Crippen molar-refractivity contribution >= 4 is 29.9 Å². The Morgan fingerprint density at radius 1 is 1.24 bits per heavy atom. The Bertz CT molecular complexity index is 238. The topological polar surface area (TPSA) is 59.6 Å². The quantitative estimate of drug-likeness (QED) is 0.461. The van der Waals surface area contributed by atoms with Crippen LogP contribution in [0.4, 0.5) is 0 Å². The van der Waals surface area contributed by atoms with Crippen LogP contribution in [0, 0.1) is 5.92 Å². The molecule has 0 aromatic rings. The summed E-state index contributed by atoms with van der Waals surface area (Å²) in [7, 11) is 0. The molecule has 2 aliphatic rings. The van der Waals surface area contributed by atoms with Crippen LogP contribution < -0.4 is 11.1 Å². The first kappa shape index (κ1) is 15.0. The van der Waals surface area contributed by atoms with Gasteiger partial charge in [-0.2, -0.15) is 0 Å². The van der Waals surface area contributed by atoms with Gasteiger partial charge in [-0.05, 0) is 38.0 Å². The monoisotopic (exact) mass is 353 g/mol. The maximum atomic E-state index is 5.80. The number of rotatable bonds is 4. The van der Waals surface area contributed by atoms with Gasteiger partial charge in [-0.25, -0.2) is 0 Å². The smallest absolute Gasteiger partial charge is 0.188 e. The van der Waals surface area contributed by atoms with Gasteiger partial charge in [0.1, 0.15) is 0 Å². The summed E-state index contributed by atoms with van der Waals surface area (Å²) in [6, 6.07) is 0. The van der Waals surface area contributed by atoms with Crippen molar-refractivity contribution in [1.82, 2.24) is 5.32 Å². The van der Waals surface area contributed by atoms with E-state index in [9.17, 15) is 0 Å². The fourth-order valence-corrected chi connectivity index (χ4v) is 2.15. The first-order valence-corrected chi connectivity index (χ1v) is 6.50. The van der Waals surface area contributed by atoms with E-state index < -0.39 is 0 Å². The highest BCUT2D eigenvalue weighted by atomic mass is 127. The Morgan fingerprint density at radius 2 is 2.06 bits per heavy atom. The van der Waals surface area contributed by atoms with Crippen molar-refractivity contribution < 1.29 is 4.74 Å². The molecule has 0 amide bonds. The van der Waals surface area contributed by atoms with Crippen molar-refractivity contribution in [3.8, 4) is 0 Å². The van der Waals surface area contributed by atoms with Gasteiger partial charge in [-0.1, -0.05) is 6.42 Å². The highest BCUT2D eigenvalue weighted by Crippen LogP contribution is 2.26. The number of nitrogens with two attached hydrogens (primary N) is 1. The van der Waals surface area contributed by atoms with E-state index in [1.165, 1.54) is 32.1 Å². The molecule has 1 saturated carbocycles. The third-order valence-corrected chi connectivity index (χ3v) is 3.53. The van der Waals surface area contributed by atoms with Crippen LogP contribution in [0.5, 0.6) is 0 Å². The molecule has 17 heavy (non-hydrogen) atoms. The molecule has 0 aromatic carbocycles. The second-order valence-corrected chi connectivity index (χ2v) is 4.89. The molecule has 1 saturated heterocycles. The van der Waals surface area contributed by atoms with Crippen LogP contribution in [-0.2, 0) is 4.74 Å². The van der Waals surface area contributed by atoms with Gasteiger partial charge in [0.2, 0.25) is 0 Å². The summed E-state index contributed by atoms with van der Waals surface area (Å²) in [5.41, 5.74) is 5.80. The summed E-state index contributed by atoms with van der Waals surface area (Å²) in [6.07, 6.45) is 7.94. The van der Waals surface area contributed by atoms with Crippen molar-refractivity contribution in [2.75, 3.05) is 19.7 Å². The molecule has 100 valence electrons. The van der Waals surface area contributed by atoms with E-state index in [2.05, 4.69) is 10.3 Å². The Morgan fingerprint density at radius 3 is 2.65 bits per heavy atom. The van der Waals surface area contributed by atoms with E-state index in [0.717, 1.165) is 32.0 Å². The first-order chi connectivity index (χ1) is 7.84. The second kappa shape index (κ2) is 8.13. The van der Waals surface area contributed by atoms with E-state index >= 15 is 0 Å². The van der Waals surface area contributed by atoms with Gasteiger partial charge in [0.15, 0.2) is 5.96 Å². The van der Waals surface area contributed by atoms with Crippen LogP contribution in [0.2, 0.25) is 0 Å². The van der Waals surface area contributed by atoms with Crippen LogP contribution in [0.1, 0.15) is 38.5 Å². The summed E-state index contributed by atoms with van der Waals surface area (Å²) in [5, 5.41) is 3.16. The van der Waals surface area contributed by atoms with Crippen molar-refractivity contribution in [3.05, 3.63) is 0 Å². The lowest BCUT2D eigenvalue weighted by Crippen LogP contribution is -2.39. The molecule has 2 rings (SSSR count). The summed E-state index contributed by atoms with van der Waals surface area (Å²) in [6.45, 7) is 2.59. The highest BCUT2D eigenvalue weighted by Gasteiger charge is 2.17. The second-order valence-electron chi connectivity index (χ2n) is 4.89. The maximum absolute atomic E-state index is 5.80. The Hall–Kier alpha value is -0.0400. The molecule has 0 spiro atoms. The number of nitrogens with one attached hydrogen (secondary N) is 1. The predicted octanol–water partition coefficient (Wildman–Crippen LogP) is 1.88. The average Bonchev–Trinajstić information content (AvgIpc) is 2.26. The number of hydrogen-bond donors (Lipinski definition) is 2. The number of nitrogens with zero attached hydrogens (tertiary/aromatic N) is 1. The van der Waals surface area contributed by atoms with Gasteiger partial charge in [0.25, 0.3) is 0 Å². The molecule has 3 N–H and O–H groups in total. The van der Waals surface area contributed by atoms with Crippen molar-refractivity contribution in [3.63, 3.8) is 0 Å². The number of aliphatic imine (C=N–C) groups is 1. The lowest BCUT2D eigenvalue weighted by molar-refractivity contribution is 0.0195. The Kier molecular flexibility index (Phi) is 7.18. The minimum absolute atomic E-state index is 0. The summed E-state index contributed by atoms with van der Waals surface area (Å²) < 4.78 is 5.61. The van der Waals surface area contributed by atoms with Gasteiger partial charge in [-0.3, -0.25) is 4.99 Å². The minimum Gasteiger partial charge on any atom is -0.376 e. The number of ether oxygens (including phenoxy) is 1. The molecule has 4 nitrogen and oxygen atoms in total. The molecule has 1 atom stereocenters. The zero-order valence-corrected chi connectivity index (χ0v) is 12.7. The summed E-state index contributed by atoms with van der Waals surface area (Å²) in [4.78, 5) is 4.36. The van der Waals surface area contributed by atoms with Crippen LogP contribution in [-0.4, -0.2) is 31.8 Å². The minimum atomic E-state index is 0. The molecule has 0 radical (unpaired) electrons. The molecular weight excluding hydrogens is 329 g/mol. The van der Waals surface area contributed by atoms with Crippen LogP contribution >= 0.6 is 24.0 Å². The summed E-state index contributed by atoms with van der Waals surface area (Å²) >= 11 is 0. The molecule has 1 unspecified atom stereocenters. The van der Waals surface area contributed by atoms with Crippen LogP contribution in [0.25, 0.3) is 0 Å². The molecule has 1 aliphatic carbocycles. The van der Waals surface area contributed by atoms with Gasteiger partial charge < -0.3 is 15.8 Å². The first-order valence-electron chi connectivity index (χ1n) is 6.50. The number of hydrogen-bond acceptors (Lipinski definition) is 2. The molecule has 5 heteroatoms. The number of guanidine groups is 1. The summed E-state index contributed by atoms with van der Waals surface area (Å²) in [5.74, 6) is 1.37. The van der Waals surface area contributed by atoms with E-state index in [1.54, 1.807) is 0 Å². The fourth-order valence-electron chi connectivity index (χ4n) is 2.15. The van der Waals surface area contributed by atoms with E-state index in [4.69, 9.17) is 10.5 Å². The average molecular weight is 353 g/mol. The van der Waals surface area contributed by atoms with E-state index in [1.807, 2.05) is 0 Å². The lowest BCUT2D eigenvalue weighted by Gasteiger charge is -2.24. The predicted molar refractivity (Wildman–Crippen MR) is 80.8 cm³/mol. The van der Waals surface area contributed by atoms with Crippen molar-refractivity contribution in [2.45, 2.75) is 44.6 Å². The Labute approximate surface area is 121 Å². The standard InChI is InChI=1S/C12H23N3O.HI/c13-12(14-8-10-4-3-5-10)15-9-11-6-1-2-7-16-11;/h10-11H,1-9H2,(H3,13,14,15);1H. The zero-order chi connectivity index (χ0) is 11.2. The van der Waals surface area contributed by atoms with Gasteiger partial charge in [-0.15, -0.1) is 24.0 Å². The number of halogens is 1. The third-order valence-electron chi connectivity index (χ3n) is 3.53. The molecular formula is C12H24IN3O. The Balaban J connectivity index is 0.00000144. The third kappa shape index (κ3) is 5.42.